The van der Waals surface area contributed by atoms with Gasteiger partial charge in [-0.25, -0.2) is 0 Å². The van der Waals surface area contributed by atoms with Crippen LogP contribution < -0.4 is 4.90 Å². The van der Waals surface area contributed by atoms with E-state index >= 15 is 0 Å². The van der Waals surface area contributed by atoms with Gasteiger partial charge in [-0.1, -0.05) is 5.16 Å². The molecule has 4 fully saturated rings. The van der Waals surface area contributed by atoms with Crippen molar-refractivity contribution in [1.29, 1.82) is 5.26 Å². The predicted octanol–water partition coefficient (Wildman–Crippen LogP) is 3.23. The molecule has 1 aromatic carbocycles. The highest BCUT2D eigenvalue weighted by molar-refractivity contribution is 6.06. The molecule has 1 aromatic rings. The van der Waals surface area contributed by atoms with E-state index < -0.39 is 46.6 Å². The Morgan fingerprint density at radius 2 is 2.19 bits per heavy atom. The zero-order chi connectivity index (χ0) is 22.2. The lowest BCUT2D eigenvalue weighted by atomic mass is 9.65. The van der Waals surface area contributed by atoms with E-state index in [1.54, 1.807) is 6.07 Å². The van der Waals surface area contributed by atoms with Gasteiger partial charge < -0.3 is 14.3 Å². The van der Waals surface area contributed by atoms with Crippen LogP contribution in [0, 0.1) is 23.2 Å². The monoisotopic (exact) mass is 435 g/mol. The lowest BCUT2D eigenvalue weighted by molar-refractivity contribution is -0.138. The molecule has 1 spiro atoms. The van der Waals surface area contributed by atoms with E-state index in [4.69, 9.17) is 19.6 Å². The SMILES string of the molecule is CCO/N=C1\C[C@@]2(C)O[C@@]13CCO[C@H]1[C@@H]3[C@@H]2C(=O)N1c1ccc(C#N)c(C(F)(F)F)c1. The third-order valence-corrected chi connectivity index (χ3v) is 6.82. The molecule has 0 saturated carbocycles. The maximum atomic E-state index is 13.5. The van der Waals surface area contributed by atoms with Crippen LogP contribution in [0.5, 0.6) is 0 Å². The van der Waals surface area contributed by atoms with Gasteiger partial charge >= 0.3 is 6.18 Å². The number of carbonyl (C=O) groups excluding carboxylic acids is 1. The molecule has 0 radical (unpaired) electrons. The largest absolute Gasteiger partial charge is 0.417 e. The average Bonchev–Trinajstić information content (AvgIpc) is 3.29. The van der Waals surface area contributed by atoms with Crippen LogP contribution in [0.3, 0.4) is 0 Å². The van der Waals surface area contributed by atoms with Gasteiger partial charge in [-0.15, -0.1) is 0 Å². The lowest BCUT2D eigenvalue weighted by Gasteiger charge is -2.41. The number of oxime groups is 1. The van der Waals surface area contributed by atoms with E-state index in [0.717, 1.165) is 17.8 Å². The quantitative estimate of drug-likeness (QED) is 0.681. The van der Waals surface area contributed by atoms with E-state index in [0.29, 0.717) is 19.4 Å². The molecule has 0 aliphatic carbocycles. The van der Waals surface area contributed by atoms with E-state index in [1.807, 2.05) is 13.8 Å². The molecule has 7 nitrogen and oxygen atoms in total. The number of carbonyl (C=O) groups is 1. The minimum atomic E-state index is -4.72. The van der Waals surface area contributed by atoms with Gasteiger partial charge in [0.15, 0.2) is 0 Å². The van der Waals surface area contributed by atoms with E-state index in [-0.39, 0.29) is 18.2 Å². The Hall–Kier alpha value is -2.64. The Kier molecular flexibility index (Phi) is 4.21. The normalized spacial score (nSPS) is 37.3. The topological polar surface area (TPSA) is 84.2 Å². The summed E-state index contributed by atoms with van der Waals surface area (Å²) in [5.41, 5.74) is -2.47. The Labute approximate surface area is 176 Å². The van der Waals surface area contributed by atoms with Crippen molar-refractivity contribution in [1.82, 2.24) is 0 Å². The van der Waals surface area contributed by atoms with Crippen molar-refractivity contribution in [2.24, 2.45) is 17.0 Å². The van der Waals surface area contributed by atoms with Crippen LogP contribution in [-0.2, 0) is 25.3 Å². The number of ether oxygens (including phenoxy) is 2. The molecule has 164 valence electrons. The molecular weight excluding hydrogens is 415 g/mol. The number of nitrogens with zero attached hydrogens (tertiary/aromatic N) is 3. The van der Waals surface area contributed by atoms with Crippen LogP contribution in [0.1, 0.15) is 37.8 Å². The van der Waals surface area contributed by atoms with Gasteiger partial charge in [0.1, 0.15) is 18.4 Å². The van der Waals surface area contributed by atoms with Crippen molar-refractivity contribution >= 4 is 17.3 Å². The number of hydrogen-bond acceptors (Lipinski definition) is 6. The zero-order valence-corrected chi connectivity index (χ0v) is 16.9. The summed E-state index contributed by atoms with van der Waals surface area (Å²) in [7, 11) is 0. The van der Waals surface area contributed by atoms with Gasteiger partial charge in [0.25, 0.3) is 0 Å². The van der Waals surface area contributed by atoms with Gasteiger partial charge in [-0.05, 0) is 32.0 Å². The molecule has 4 saturated heterocycles. The Morgan fingerprint density at radius 3 is 2.87 bits per heavy atom. The average molecular weight is 435 g/mol. The maximum absolute atomic E-state index is 13.5. The molecule has 31 heavy (non-hydrogen) atoms. The number of amides is 1. The highest BCUT2D eigenvalue weighted by atomic mass is 19.4. The number of benzene rings is 1. The summed E-state index contributed by atoms with van der Waals surface area (Å²) in [6.45, 7) is 4.31. The molecular formula is C21H20F3N3O4. The van der Waals surface area contributed by atoms with Gasteiger partial charge in [0.2, 0.25) is 5.91 Å². The molecule has 5 rings (SSSR count). The van der Waals surface area contributed by atoms with E-state index in [9.17, 15) is 18.0 Å². The number of nitriles is 1. The van der Waals surface area contributed by atoms with Crippen LogP contribution in [0.2, 0.25) is 0 Å². The van der Waals surface area contributed by atoms with Gasteiger partial charge in [0, 0.05) is 18.5 Å². The first-order chi connectivity index (χ1) is 14.7. The minimum Gasteiger partial charge on any atom is -0.396 e. The van der Waals surface area contributed by atoms with Crippen LogP contribution >= 0.6 is 0 Å². The second-order valence-electron chi connectivity index (χ2n) is 8.50. The summed E-state index contributed by atoms with van der Waals surface area (Å²) in [4.78, 5) is 20.1. The minimum absolute atomic E-state index is 0.0547. The first-order valence-electron chi connectivity index (χ1n) is 10.1. The molecule has 4 aliphatic rings. The summed E-state index contributed by atoms with van der Waals surface area (Å²) >= 11 is 0. The summed E-state index contributed by atoms with van der Waals surface area (Å²) in [6.07, 6.45) is -4.59. The number of hydrogen-bond donors (Lipinski definition) is 0. The number of alkyl halides is 3. The standard InChI is InChI=1S/C21H20F3N3O4/c1-3-30-26-14-9-19(2)15-16-18(29-7-6-20(14,16)31-19)27(17(15)28)12-5-4-11(10-25)13(8-12)21(22,23)24/h4-5,8,15-16,18H,3,6-7,9H2,1-2H3/b26-14+/t15-,16+,18+,19-,20+/m1/s1. The summed E-state index contributed by atoms with van der Waals surface area (Å²) in [5.74, 6) is -1.31. The zero-order valence-electron chi connectivity index (χ0n) is 16.9. The molecule has 5 atom stereocenters. The third-order valence-electron chi connectivity index (χ3n) is 6.82. The Bertz CT molecular complexity index is 1040. The van der Waals surface area contributed by atoms with Crippen molar-refractivity contribution in [3.8, 4) is 6.07 Å². The Balaban J connectivity index is 1.60. The molecule has 10 heteroatoms. The molecule has 1 amide bonds. The second kappa shape index (κ2) is 6.43. The number of fused-ring (bicyclic) bond motifs is 2. The van der Waals surface area contributed by atoms with Crippen molar-refractivity contribution in [2.75, 3.05) is 18.1 Å². The summed E-state index contributed by atoms with van der Waals surface area (Å²) in [5, 5.41) is 13.3. The van der Waals surface area contributed by atoms with Crippen molar-refractivity contribution in [2.45, 2.75) is 50.3 Å². The molecule has 4 heterocycles. The van der Waals surface area contributed by atoms with Crippen molar-refractivity contribution in [3.05, 3.63) is 29.3 Å². The number of rotatable bonds is 3. The molecule has 0 aromatic heterocycles. The van der Waals surface area contributed by atoms with Gasteiger partial charge in [0.05, 0.1) is 47.0 Å². The van der Waals surface area contributed by atoms with Crippen LogP contribution in [0.4, 0.5) is 18.9 Å². The summed E-state index contributed by atoms with van der Waals surface area (Å²) in [6, 6.07) is 4.86. The van der Waals surface area contributed by atoms with Crippen LogP contribution in [-0.4, -0.2) is 42.3 Å². The fourth-order valence-corrected chi connectivity index (χ4v) is 5.73. The fourth-order valence-electron chi connectivity index (χ4n) is 5.73. The molecule has 2 bridgehead atoms. The highest BCUT2D eigenvalue weighted by Gasteiger charge is 2.77. The predicted molar refractivity (Wildman–Crippen MR) is 101 cm³/mol. The van der Waals surface area contributed by atoms with Crippen molar-refractivity contribution < 1.29 is 32.3 Å². The molecule has 0 unspecified atom stereocenters. The first kappa shape index (κ1) is 20.3. The van der Waals surface area contributed by atoms with Crippen LogP contribution in [0.15, 0.2) is 23.4 Å². The summed E-state index contributed by atoms with van der Waals surface area (Å²) < 4.78 is 52.9. The van der Waals surface area contributed by atoms with Gasteiger partial charge in [-0.3, -0.25) is 9.69 Å². The van der Waals surface area contributed by atoms with Crippen LogP contribution in [0.25, 0.3) is 0 Å². The molecule has 4 aliphatic heterocycles. The number of halogens is 3. The highest BCUT2D eigenvalue weighted by Crippen LogP contribution is 2.64. The van der Waals surface area contributed by atoms with E-state index in [1.165, 1.54) is 11.0 Å². The smallest absolute Gasteiger partial charge is 0.396 e. The first-order valence-corrected chi connectivity index (χ1v) is 10.1. The molecule has 0 N–H and O–H groups in total. The third kappa shape index (κ3) is 2.59. The fraction of sp³-hybridized carbons (Fsp3) is 0.571. The lowest BCUT2D eigenvalue weighted by Crippen LogP contribution is -2.55. The maximum Gasteiger partial charge on any atom is 0.417 e. The second-order valence-corrected chi connectivity index (χ2v) is 8.50. The van der Waals surface area contributed by atoms with E-state index in [2.05, 4.69) is 5.16 Å². The van der Waals surface area contributed by atoms with Gasteiger partial charge in [-0.2, -0.15) is 18.4 Å². The van der Waals surface area contributed by atoms with Crippen molar-refractivity contribution in [3.63, 3.8) is 0 Å². The Morgan fingerprint density at radius 1 is 1.42 bits per heavy atom. The number of anilines is 1.